The second kappa shape index (κ2) is 6.28. The molecule has 0 saturated heterocycles. The zero-order chi connectivity index (χ0) is 17.4. The van der Waals surface area contributed by atoms with E-state index in [1.54, 1.807) is 10.5 Å². The number of imidazole rings is 1. The predicted octanol–water partition coefficient (Wildman–Crippen LogP) is 3.14. The second-order valence-corrected chi connectivity index (χ2v) is 8.62. The van der Waals surface area contributed by atoms with Crippen LogP contribution in [0.1, 0.15) is 29.7 Å². The van der Waals surface area contributed by atoms with Gasteiger partial charge in [-0.3, -0.25) is 0 Å². The SMILES string of the molecule is Cc1cccc(CS(=O)(=O)N(Cc2cnc3ccccn23)C2CC2)c1. The van der Waals surface area contributed by atoms with Crippen molar-refractivity contribution >= 4 is 15.7 Å². The summed E-state index contributed by atoms with van der Waals surface area (Å²) < 4.78 is 29.7. The Morgan fingerprint density at radius 3 is 2.80 bits per heavy atom. The van der Waals surface area contributed by atoms with Crippen molar-refractivity contribution in [2.24, 2.45) is 0 Å². The zero-order valence-electron chi connectivity index (χ0n) is 14.2. The summed E-state index contributed by atoms with van der Waals surface area (Å²) in [6, 6.07) is 13.6. The van der Waals surface area contributed by atoms with Crippen LogP contribution in [0, 0.1) is 6.92 Å². The predicted molar refractivity (Wildman–Crippen MR) is 97.6 cm³/mol. The Hall–Kier alpha value is -2.18. The van der Waals surface area contributed by atoms with Crippen LogP contribution in [-0.2, 0) is 22.3 Å². The van der Waals surface area contributed by atoms with Crippen LogP contribution in [0.15, 0.2) is 54.9 Å². The standard InChI is InChI=1S/C19H21N3O2S/c1-15-5-4-6-16(11-15)14-25(23,24)22(17-8-9-17)13-18-12-20-19-7-2-3-10-21(18)19/h2-7,10-12,17H,8-9,13-14H2,1H3. The minimum atomic E-state index is -3.38. The minimum Gasteiger partial charge on any atom is -0.303 e. The number of fused-ring (bicyclic) bond motifs is 1. The summed E-state index contributed by atoms with van der Waals surface area (Å²) in [7, 11) is -3.38. The van der Waals surface area contributed by atoms with Gasteiger partial charge in [0.15, 0.2) is 0 Å². The number of hydrogen-bond donors (Lipinski definition) is 0. The van der Waals surface area contributed by atoms with Crippen LogP contribution >= 0.6 is 0 Å². The Kier molecular flexibility index (Phi) is 4.09. The second-order valence-electron chi connectivity index (χ2n) is 6.70. The molecule has 5 nitrogen and oxygen atoms in total. The fourth-order valence-corrected chi connectivity index (χ4v) is 4.93. The normalized spacial score (nSPS) is 15.1. The van der Waals surface area contributed by atoms with Gasteiger partial charge in [-0.25, -0.2) is 13.4 Å². The highest BCUT2D eigenvalue weighted by atomic mass is 32.2. The molecule has 1 aliphatic rings. The van der Waals surface area contributed by atoms with Gasteiger partial charge < -0.3 is 4.40 Å². The van der Waals surface area contributed by atoms with Crippen LogP contribution in [0.2, 0.25) is 0 Å². The molecule has 1 fully saturated rings. The Bertz CT molecular complexity index is 1010. The third-order valence-corrected chi connectivity index (χ3v) is 6.39. The maximum atomic E-state index is 13.1. The lowest BCUT2D eigenvalue weighted by Gasteiger charge is -2.22. The van der Waals surface area contributed by atoms with Gasteiger partial charge in [0, 0.05) is 12.2 Å². The smallest absolute Gasteiger partial charge is 0.218 e. The zero-order valence-corrected chi connectivity index (χ0v) is 15.0. The lowest BCUT2D eigenvalue weighted by molar-refractivity contribution is 0.393. The first-order chi connectivity index (χ1) is 12.0. The third-order valence-electron chi connectivity index (χ3n) is 4.55. The number of pyridine rings is 1. The number of hydrogen-bond acceptors (Lipinski definition) is 3. The molecule has 0 spiro atoms. The van der Waals surface area contributed by atoms with E-state index in [4.69, 9.17) is 0 Å². The number of rotatable bonds is 6. The van der Waals surface area contributed by atoms with Gasteiger partial charge in [0.2, 0.25) is 10.0 Å². The van der Waals surface area contributed by atoms with Crippen molar-refractivity contribution in [1.29, 1.82) is 0 Å². The molecule has 3 aromatic rings. The van der Waals surface area contributed by atoms with E-state index in [0.717, 1.165) is 35.3 Å². The highest BCUT2D eigenvalue weighted by Gasteiger charge is 2.37. The molecular weight excluding hydrogens is 334 g/mol. The van der Waals surface area contributed by atoms with E-state index >= 15 is 0 Å². The minimum absolute atomic E-state index is 0.0436. The summed E-state index contributed by atoms with van der Waals surface area (Å²) in [5, 5.41) is 0. The van der Waals surface area contributed by atoms with Crippen LogP contribution in [0.5, 0.6) is 0 Å². The average Bonchev–Trinajstić information content (AvgIpc) is 3.32. The van der Waals surface area contributed by atoms with E-state index < -0.39 is 10.0 Å². The number of sulfonamides is 1. The highest BCUT2D eigenvalue weighted by Crippen LogP contribution is 2.32. The maximum Gasteiger partial charge on any atom is 0.218 e. The van der Waals surface area contributed by atoms with Crippen molar-refractivity contribution in [2.45, 2.75) is 38.1 Å². The highest BCUT2D eigenvalue weighted by molar-refractivity contribution is 7.88. The molecule has 130 valence electrons. The number of benzene rings is 1. The van der Waals surface area contributed by atoms with Gasteiger partial charge in [0.1, 0.15) is 5.65 Å². The molecule has 6 heteroatoms. The van der Waals surface area contributed by atoms with Crippen LogP contribution in [0.25, 0.3) is 5.65 Å². The molecule has 1 saturated carbocycles. The molecule has 2 aromatic heterocycles. The van der Waals surface area contributed by atoms with E-state index in [1.165, 1.54) is 0 Å². The Morgan fingerprint density at radius 2 is 2.04 bits per heavy atom. The maximum absolute atomic E-state index is 13.1. The van der Waals surface area contributed by atoms with Gasteiger partial charge in [-0.1, -0.05) is 35.9 Å². The number of aryl methyl sites for hydroxylation is 1. The Labute approximate surface area is 148 Å². The van der Waals surface area contributed by atoms with Gasteiger partial charge in [0.05, 0.1) is 24.2 Å². The topological polar surface area (TPSA) is 54.7 Å². The van der Waals surface area contributed by atoms with Crippen molar-refractivity contribution in [3.63, 3.8) is 0 Å². The van der Waals surface area contributed by atoms with Crippen molar-refractivity contribution in [3.8, 4) is 0 Å². The van der Waals surface area contributed by atoms with Crippen LogP contribution in [0.3, 0.4) is 0 Å². The van der Waals surface area contributed by atoms with Crippen molar-refractivity contribution in [3.05, 3.63) is 71.7 Å². The molecule has 2 heterocycles. The summed E-state index contributed by atoms with van der Waals surface area (Å²) in [6.07, 6.45) is 5.57. The Morgan fingerprint density at radius 1 is 1.20 bits per heavy atom. The fourth-order valence-electron chi connectivity index (χ4n) is 3.17. The van der Waals surface area contributed by atoms with Crippen LogP contribution in [-0.4, -0.2) is 28.1 Å². The quantitative estimate of drug-likeness (QED) is 0.683. The number of nitrogens with zero attached hydrogens (tertiary/aromatic N) is 3. The first-order valence-corrected chi connectivity index (χ1v) is 10.1. The van der Waals surface area contributed by atoms with Gasteiger partial charge >= 0.3 is 0 Å². The monoisotopic (exact) mass is 355 g/mol. The van der Waals surface area contributed by atoms with Gasteiger partial charge in [-0.05, 0) is 37.5 Å². The summed E-state index contributed by atoms with van der Waals surface area (Å²) >= 11 is 0. The summed E-state index contributed by atoms with van der Waals surface area (Å²) in [5.74, 6) is 0.0436. The number of aromatic nitrogens is 2. The molecule has 0 N–H and O–H groups in total. The summed E-state index contributed by atoms with van der Waals surface area (Å²) in [5.41, 5.74) is 3.65. The summed E-state index contributed by atoms with van der Waals surface area (Å²) in [4.78, 5) is 4.37. The largest absolute Gasteiger partial charge is 0.303 e. The molecule has 1 aromatic carbocycles. The van der Waals surface area contributed by atoms with Crippen molar-refractivity contribution < 1.29 is 8.42 Å². The van der Waals surface area contributed by atoms with Crippen molar-refractivity contribution in [1.82, 2.24) is 13.7 Å². The van der Waals surface area contributed by atoms with Crippen LogP contribution < -0.4 is 0 Å². The summed E-state index contributed by atoms with van der Waals surface area (Å²) in [6.45, 7) is 2.34. The fraction of sp³-hybridized carbons (Fsp3) is 0.316. The van der Waals surface area contributed by atoms with Gasteiger partial charge in [-0.2, -0.15) is 4.31 Å². The molecule has 25 heavy (non-hydrogen) atoms. The van der Waals surface area contributed by atoms with Gasteiger partial charge in [0.25, 0.3) is 0 Å². The molecule has 0 unspecified atom stereocenters. The molecule has 0 aliphatic heterocycles. The Balaban J connectivity index is 1.62. The lowest BCUT2D eigenvalue weighted by atomic mass is 10.2. The third kappa shape index (κ3) is 3.45. The van der Waals surface area contributed by atoms with E-state index in [2.05, 4.69) is 4.98 Å². The van der Waals surface area contributed by atoms with E-state index in [9.17, 15) is 8.42 Å². The van der Waals surface area contributed by atoms with E-state index in [1.807, 2.05) is 60.0 Å². The molecule has 0 bridgehead atoms. The molecule has 0 radical (unpaired) electrons. The van der Waals surface area contributed by atoms with E-state index in [-0.39, 0.29) is 11.8 Å². The van der Waals surface area contributed by atoms with Crippen molar-refractivity contribution in [2.75, 3.05) is 0 Å². The first-order valence-electron chi connectivity index (χ1n) is 8.49. The van der Waals surface area contributed by atoms with E-state index in [0.29, 0.717) is 6.54 Å². The lowest BCUT2D eigenvalue weighted by Crippen LogP contribution is -2.34. The first kappa shape index (κ1) is 16.3. The molecule has 4 rings (SSSR count). The molecule has 1 aliphatic carbocycles. The molecular formula is C19H21N3O2S. The van der Waals surface area contributed by atoms with Gasteiger partial charge in [-0.15, -0.1) is 0 Å². The average molecular weight is 355 g/mol. The molecule has 0 amide bonds. The molecule has 0 atom stereocenters. The van der Waals surface area contributed by atoms with Crippen LogP contribution in [0.4, 0.5) is 0 Å².